The molecule has 1 aromatic carbocycles. The molecule has 5 heterocycles. The molecule has 11 heteroatoms. The first-order valence-corrected chi connectivity index (χ1v) is 28.8. The zero-order chi connectivity index (χ0) is 56.1. The summed E-state index contributed by atoms with van der Waals surface area (Å²) in [6.45, 7) is 27.4. The molecule has 0 aromatic heterocycles. The summed E-state index contributed by atoms with van der Waals surface area (Å²) in [5, 5.41) is 15.4. The van der Waals surface area contributed by atoms with Gasteiger partial charge in [-0.15, -0.1) is 0 Å². The summed E-state index contributed by atoms with van der Waals surface area (Å²) in [6.07, 6.45) is 19.8. The number of ketones is 2. The zero-order valence-electron chi connectivity index (χ0n) is 48.2. The Kier molecular flexibility index (Phi) is 18.4. The van der Waals surface area contributed by atoms with E-state index in [0.29, 0.717) is 53.4 Å². The molecule has 0 spiro atoms. The van der Waals surface area contributed by atoms with Crippen LogP contribution in [0.15, 0.2) is 166 Å². The fourth-order valence-corrected chi connectivity index (χ4v) is 12.2. The molecule has 7 aliphatic rings. The number of aliphatic hydroxyl groups is 1. The van der Waals surface area contributed by atoms with Crippen LogP contribution in [-0.2, 0) is 19.1 Å². The highest BCUT2D eigenvalue weighted by atomic mass is 16.5. The zero-order valence-corrected chi connectivity index (χ0v) is 48.2. The molecule has 0 unspecified atom stereocenters. The number of aliphatic hydroxyl groups excluding tert-OH is 1. The Balaban J connectivity index is 0.967. The van der Waals surface area contributed by atoms with Crippen molar-refractivity contribution in [1.82, 2.24) is 5.32 Å². The maximum absolute atomic E-state index is 13.8. The molecule has 5 aliphatic heterocycles. The van der Waals surface area contributed by atoms with Crippen molar-refractivity contribution in [1.29, 1.82) is 0 Å². The van der Waals surface area contributed by atoms with E-state index in [-0.39, 0.29) is 61.0 Å². The lowest BCUT2D eigenvalue weighted by Gasteiger charge is -2.22. The van der Waals surface area contributed by atoms with E-state index in [0.717, 1.165) is 122 Å². The summed E-state index contributed by atoms with van der Waals surface area (Å²) < 4.78 is 12.1. The van der Waals surface area contributed by atoms with Gasteiger partial charge >= 0.3 is 11.9 Å². The maximum atomic E-state index is 13.8. The molecular formula is C67H82N4O7. The lowest BCUT2D eigenvalue weighted by Crippen LogP contribution is -2.23. The minimum atomic E-state index is -0.555. The van der Waals surface area contributed by atoms with Crippen molar-refractivity contribution in [2.45, 2.75) is 172 Å². The summed E-state index contributed by atoms with van der Waals surface area (Å²) in [5.41, 5.74) is 15.8. The van der Waals surface area contributed by atoms with E-state index < -0.39 is 12.1 Å². The normalized spacial score (nSPS) is 21.2. The minimum absolute atomic E-state index is 0.0106. The number of carbonyl (C=O) groups is 4. The van der Waals surface area contributed by atoms with Crippen LogP contribution >= 0.6 is 0 Å². The first-order valence-electron chi connectivity index (χ1n) is 28.8. The van der Waals surface area contributed by atoms with Gasteiger partial charge in [0.15, 0.2) is 11.6 Å². The third-order valence-electron chi connectivity index (χ3n) is 17.3. The van der Waals surface area contributed by atoms with Crippen LogP contribution in [0.1, 0.15) is 187 Å². The number of Topliss-reactive ketones (excluding diaryl/α,β-unsaturated/α-hetero) is 2. The van der Waals surface area contributed by atoms with Crippen LogP contribution in [0.4, 0.5) is 0 Å². The van der Waals surface area contributed by atoms with Crippen molar-refractivity contribution in [2.75, 3.05) is 6.61 Å². The summed E-state index contributed by atoms with van der Waals surface area (Å²) in [7, 11) is 0. The van der Waals surface area contributed by atoms with E-state index in [9.17, 15) is 24.3 Å². The van der Waals surface area contributed by atoms with Crippen molar-refractivity contribution in [3.05, 3.63) is 162 Å². The van der Waals surface area contributed by atoms with E-state index in [1.165, 1.54) is 25.7 Å². The highest BCUT2D eigenvalue weighted by Gasteiger charge is 2.41. The van der Waals surface area contributed by atoms with Gasteiger partial charge in [0.2, 0.25) is 0 Å². The number of fused-ring (bicyclic) bond motifs is 6. The van der Waals surface area contributed by atoms with Crippen molar-refractivity contribution in [3.8, 4) is 0 Å². The number of nitrogens with one attached hydrogen (secondary N) is 1. The number of carbonyl (C=O) groups excluding carboxylic acids is 4. The molecule has 11 nitrogen and oxygen atoms in total. The summed E-state index contributed by atoms with van der Waals surface area (Å²) >= 11 is 0. The monoisotopic (exact) mass is 1050 g/mol. The molecule has 1 aromatic rings. The summed E-state index contributed by atoms with van der Waals surface area (Å²) in [5.74, 6) is 0.727. The van der Waals surface area contributed by atoms with Gasteiger partial charge in [-0.2, -0.15) is 0 Å². The SMILES string of the molecule is C=CC1=C(C)C2=NC1=CC1=NC(=CC3=C(C)C4=C(O)CC(=C5NC(=C2)[C@@H](C)[C@@H]5CCC(=O)OC/C=C(\C)[C@H](CC[C@H](C)CCC[C@H](C)CCCC(C)C)OC(=O)CCC2=C(C)C(=O)c5ccccc5C2=O)C4=N3)C(CC)=C1C. The first-order chi connectivity index (χ1) is 37.3. The Morgan fingerprint density at radius 3 is 2.15 bits per heavy atom. The molecule has 0 radical (unpaired) electrons. The molecule has 2 aliphatic carbocycles. The van der Waals surface area contributed by atoms with E-state index in [4.69, 9.17) is 24.5 Å². The highest BCUT2D eigenvalue weighted by molar-refractivity contribution is 6.27. The van der Waals surface area contributed by atoms with Gasteiger partial charge in [-0.05, 0) is 137 Å². The number of aliphatic imine (C=N–C) groups is 3. The van der Waals surface area contributed by atoms with Crippen LogP contribution < -0.4 is 5.32 Å². The number of hydrogen-bond donors (Lipinski definition) is 2. The topological polar surface area (TPSA) is 156 Å². The fraction of sp³-hybridized carbons (Fsp3) is 0.478. The van der Waals surface area contributed by atoms with Crippen LogP contribution in [0.5, 0.6) is 0 Å². The average molecular weight is 1060 g/mol. The molecule has 412 valence electrons. The number of esters is 2. The van der Waals surface area contributed by atoms with E-state index in [2.05, 4.69) is 73.4 Å². The Bertz CT molecular complexity index is 3110. The molecule has 1 saturated heterocycles. The van der Waals surface area contributed by atoms with Crippen LogP contribution in [0.25, 0.3) is 0 Å². The van der Waals surface area contributed by atoms with Gasteiger partial charge in [-0.1, -0.05) is 117 Å². The van der Waals surface area contributed by atoms with Crippen LogP contribution in [0, 0.1) is 29.6 Å². The van der Waals surface area contributed by atoms with Crippen molar-refractivity contribution in [2.24, 2.45) is 44.6 Å². The third kappa shape index (κ3) is 12.4. The van der Waals surface area contributed by atoms with Crippen LogP contribution in [0.3, 0.4) is 0 Å². The molecular weight excluding hydrogens is 973 g/mol. The average Bonchev–Trinajstić information content (AvgIpc) is 4.35. The van der Waals surface area contributed by atoms with Crippen LogP contribution in [0.2, 0.25) is 0 Å². The number of rotatable bonds is 23. The third-order valence-corrected chi connectivity index (χ3v) is 17.3. The van der Waals surface area contributed by atoms with E-state index >= 15 is 0 Å². The summed E-state index contributed by atoms with van der Waals surface area (Å²) in [4.78, 5) is 69.6. The Hall–Kier alpha value is -6.75. The Labute approximate surface area is 463 Å². The number of nitrogens with zero attached hydrogens (tertiary/aromatic N) is 3. The number of ether oxygens (including phenoxy) is 2. The van der Waals surface area contributed by atoms with Gasteiger partial charge in [-0.3, -0.25) is 19.2 Å². The van der Waals surface area contributed by atoms with Crippen molar-refractivity contribution in [3.63, 3.8) is 0 Å². The highest BCUT2D eigenvalue weighted by Crippen LogP contribution is 2.47. The van der Waals surface area contributed by atoms with E-state index in [1.54, 1.807) is 31.2 Å². The largest absolute Gasteiger partial charge is 0.511 e. The molecule has 0 saturated carbocycles. The quantitative estimate of drug-likeness (QED) is 0.0810. The fourth-order valence-electron chi connectivity index (χ4n) is 12.2. The van der Waals surface area contributed by atoms with E-state index in [1.807, 2.05) is 38.2 Å². The molecule has 8 bridgehead atoms. The van der Waals surface area contributed by atoms with Gasteiger partial charge in [0.25, 0.3) is 0 Å². The number of benzene rings is 1. The van der Waals surface area contributed by atoms with Gasteiger partial charge in [0.05, 0.1) is 34.2 Å². The number of hydrogen-bond acceptors (Lipinski definition) is 11. The minimum Gasteiger partial charge on any atom is -0.511 e. The second kappa shape index (κ2) is 24.9. The first kappa shape index (κ1) is 57.4. The lowest BCUT2D eigenvalue weighted by atomic mass is 9.83. The van der Waals surface area contributed by atoms with Gasteiger partial charge in [0, 0.05) is 81.5 Å². The summed E-state index contributed by atoms with van der Waals surface area (Å²) in [6, 6.07) is 6.81. The predicted octanol–water partition coefficient (Wildman–Crippen LogP) is 15.3. The van der Waals surface area contributed by atoms with Crippen molar-refractivity contribution >= 4 is 40.6 Å². The smallest absolute Gasteiger partial charge is 0.306 e. The second-order valence-electron chi connectivity index (χ2n) is 23.2. The standard InChI is InChI=1S/C67H82N4O7/c1-13-46-41(8)53-34-55-43(10)48(64(70-55)52-33-59(72)63-45(12)56(71-65(52)63)36-58-47(14-2)42(9)54(69-58)35-57(46)68-53)26-29-61(73)77-32-31-40(7)60(28-25-39(6)22-18-21-38(5)20-17-19-37(3)4)78-62(74)30-27-49-44(11)66(75)50-23-15-16-24-51(50)67(49)76/h13,15-16,23-24,31,34-39,43,48,60,70,72H,1,14,17-22,25-30,32-33H2,2-12H3/b40-31+,55-34?,57-35?,58-36?,64-52?/t38-,39-,43+,48+,60+/m1/s1. The molecule has 5 atom stereocenters. The van der Waals surface area contributed by atoms with Crippen LogP contribution in [-0.4, -0.2) is 58.5 Å². The van der Waals surface area contributed by atoms with Gasteiger partial charge in [0.1, 0.15) is 18.5 Å². The number of allylic oxidation sites excluding steroid dienone is 14. The Morgan fingerprint density at radius 2 is 1.46 bits per heavy atom. The molecule has 2 N–H and O–H groups in total. The molecule has 8 rings (SSSR count). The lowest BCUT2D eigenvalue weighted by molar-refractivity contribution is -0.148. The predicted molar refractivity (Wildman–Crippen MR) is 313 cm³/mol. The second-order valence-corrected chi connectivity index (χ2v) is 23.2. The van der Waals surface area contributed by atoms with Gasteiger partial charge in [-0.25, -0.2) is 15.0 Å². The van der Waals surface area contributed by atoms with Crippen molar-refractivity contribution < 1.29 is 33.8 Å². The van der Waals surface area contributed by atoms with Gasteiger partial charge < -0.3 is 19.9 Å². The molecule has 78 heavy (non-hydrogen) atoms. The maximum Gasteiger partial charge on any atom is 0.306 e. The molecule has 0 amide bonds. The molecule has 1 fully saturated rings. The Morgan fingerprint density at radius 1 is 0.795 bits per heavy atom.